The zero-order valence-electron chi connectivity index (χ0n) is 12.4. The molecule has 1 aliphatic rings. The van der Waals surface area contributed by atoms with Crippen LogP contribution in [0.5, 0.6) is 0 Å². The fraction of sp³-hybridized carbons (Fsp3) is 0.692. The second kappa shape index (κ2) is 7.15. The molecular formula is C13H22N4O3S. The Morgan fingerprint density at radius 2 is 2.14 bits per heavy atom. The molecule has 0 radical (unpaired) electrons. The van der Waals surface area contributed by atoms with Crippen LogP contribution in [-0.2, 0) is 14.8 Å². The van der Waals surface area contributed by atoms with E-state index in [1.807, 2.05) is 13.8 Å². The Labute approximate surface area is 125 Å². The maximum absolute atomic E-state index is 12.3. The third kappa shape index (κ3) is 4.36. The first kappa shape index (κ1) is 16.1. The van der Waals surface area contributed by atoms with Gasteiger partial charge in [-0.15, -0.1) is 0 Å². The summed E-state index contributed by atoms with van der Waals surface area (Å²) in [5, 5.41) is 3.00. The fourth-order valence-electron chi connectivity index (χ4n) is 2.17. The molecule has 21 heavy (non-hydrogen) atoms. The lowest BCUT2D eigenvalue weighted by Crippen LogP contribution is -2.40. The topological polar surface area (TPSA) is 93.2 Å². The first-order valence-electron chi connectivity index (χ1n) is 7.23. The first-order valence-corrected chi connectivity index (χ1v) is 8.71. The molecule has 0 aliphatic carbocycles. The molecule has 0 bridgehead atoms. The van der Waals surface area contributed by atoms with E-state index in [0.717, 1.165) is 25.8 Å². The van der Waals surface area contributed by atoms with E-state index in [-0.39, 0.29) is 17.0 Å². The number of hydrogen-bond donors (Lipinski definition) is 2. The zero-order valence-corrected chi connectivity index (χ0v) is 13.2. The Balaban J connectivity index is 2.01. The molecule has 7 nitrogen and oxygen atoms in total. The smallest absolute Gasteiger partial charge is 0.243 e. The van der Waals surface area contributed by atoms with Crippen LogP contribution in [0.15, 0.2) is 17.3 Å². The number of nitrogens with one attached hydrogen (secondary N) is 2. The largest absolute Gasteiger partial charge is 0.377 e. The van der Waals surface area contributed by atoms with Gasteiger partial charge in [-0.25, -0.2) is 23.1 Å². The molecule has 2 atom stereocenters. The van der Waals surface area contributed by atoms with Crippen LogP contribution < -0.4 is 10.0 Å². The van der Waals surface area contributed by atoms with Crippen LogP contribution in [0.4, 0.5) is 5.95 Å². The summed E-state index contributed by atoms with van der Waals surface area (Å²) in [5.41, 5.74) is 0. The molecule has 1 fully saturated rings. The van der Waals surface area contributed by atoms with Gasteiger partial charge in [-0.3, -0.25) is 0 Å². The van der Waals surface area contributed by atoms with Gasteiger partial charge in [0.05, 0.1) is 18.5 Å². The summed E-state index contributed by atoms with van der Waals surface area (Å²) in [6.45, 7) is 5.28. The van der Waals surface area contributed by atoms with E-state index in [1.165, 1.54) is 12.4 Å². The van der Waals surface area contributed by atoms with Crippen LogP contribution in [0, 0.1) is 0 Å². The summed E-state index contributed by atoms with van der Waals surface area (Å²) < 4.78 is 32.6. The third-order valence-corrected chi connectivity index (χ3v) is 4.85. The van der Waals surface area contributed by atoms with Crippen molar-refractivity contribution in [2.75, 3.05) is 18.5 Å². The molecule has 0 aromatic carbocycles. The maximum atomic E-state index is 12.3. The first-order chi connectivity index (χ1) is 10.0. The van der Waals surface area contributed by atoms with Crippen LogP contribution >= 0.6 is 0 Å². The predicted octanol–water partition coefficient (Wildman–Crippen LogP) is 1.14. The number of nitrogens with zero attached hydrogens (tertiary/aromatic N) is 2. The quantitative estimate of drug-likeness (QED) is 0.784. The van der Waals surface area contributed by atoms with Crippen LogP contribution in [0.3, 0.4) is 0 Å². The van der Waals surface area contributed by atoms with Gasteiger partial charge < -0.3 is 10.1 Å². The second-order valence-corrected chi connectivity index (χ2v) is 6.84. The highest BCUT2D eigenvalue weighted by Crippen LogP contribution is 2.17. The van der Waals surface area contributed by atoms with Crippen molar-refractivity contribution in [3.63, 3.8) is 0 Å². The van der Waals surface area contributed by atoms with E-state index in [1.54, 1.807) is 0 Å². The van der Waals surface area contributed by atoms with Gasteiger partial charge in [0, 0.05) is 19.2 Å². The minimum absolute atomic E-state index is 0.0637. The van der Waals surface area contributed by atoms with E-state index < -0.39 is 10.0 Å². The minimum Gasteiger partial charge on any atom is -0.377 e. The normalized spacial score (nSPS) is 20.4. The Hall–Kier alpha value is -1.25. The lowest BCUT2D eigenvalue weighted by Gasteiger charge is -2.19. The molecule has 1 saturated heterocycles. The van der Waals surface area contributed by atoms with Gasteiger partial charge in [0.15, 0.2) is 0 Å². The van der Waals surface area contributed by atoms with Crippen molar-refractivity contribution in [1.29, 1.82) is 0 Å². The van der Waals surface area contributed by atoms with Crippen LogP contribution in [0.2, 0.25) is 0 Å². The molecule has 2 heterocycles. The van der Waals surface area contributed by atoms with Crippen molar-refractivity contribution in [2.45, 2.75) is 50.2 Å². The van der Waals surface area contributed by atoms with E-state index in [9.17, 15) is 8.42 Å². The van der Waals surface area contributed by atoms with Gasteiger partial charge in [-0.05, 0) is 26.2 Å². The lowest BCUT2D eigenvalue weighted by molar-refractivity contribution is 0.0902. The van der Waals surface area contributed by atoms with Crippen molar-refractivity contribution >= 4 is 16.0 Å². The van der Waals surface area contributed by atoms with E-state index in [2.05, 4.69) is 20.0 Å². The fourth-order valence-corrected chi connectivity index (χ4v) is 3.33. The maximum Gasteiger partial charge on any atom is 0.243 e. The van der Waals surface area contributed by atoms with Gasteiger partial charge in [-0.1, -0.05) is 6.92 Å². The van der Waals surface area contributed by atoms with Gasteiger partial charge in [0.2, 0.25) is 16.0 Å². The molecule has 8 heteroatoms. The van der Waals surface area contributed by atoms with Crippen molar-refractivity contribution in [3.8, 4) is 0 Å². The highest BCUT2D eigenvalue weighted by Gasteiger charge is 2.27. The highest BCUT2D eigenvalue weighted by molar-refractivity contribution is 7.89. The van der Waals surface area contributed by atoms with Crippen molar-refractivity contribution in [1.82, 2.24) is 14.7 Å². The Kier molecular flexibility index (Phi) is 5.49. The molecule has 0 spiro atoms. The summed E-state index contributed by atoms with van der Waals surface area (Å²) in [6.07, 6.45) is 5.36. The molecule has 2 unspecified atom stereocenters. The zero-order chi connectivity index (χ0) is 15.3. The van der Waals surface area contributed by atoms with Gasteiger partial charge in [-0.2, -0.15) is 0 Å². The standard InChI is InChI=1S/C13H22N4O3S/c1-3-6-14-13-15-8-11(9-16-13)21(18,19)17-10(2)12-5-4-7-20-12/h8-10,12,17H,3-7H2,1-2H3,(H,14,15,16). The van der Waals surface area contributed by atoms with Crippen molar-refractivity contribution in [3.05, 3.63) is 12.4 Å². The predicted molar refractivity (Wildman–Crippen MR) is 79.6 cm³/mol. The Morgan fingerprint density at radius 3 is 2.71 bits per heavy atom. The van der Waals surface area contributed by atoms with Gasteiger partial charge in [0.25, 0.3) is 0 Å². The molecular weight excluding hydrogens is 292 g/mol. The lowest BCUT2D eigenvalue weighted by atomic mass is 10.1. The van der Waals surface area contributed by atoms with E-state index in [0.29, 0.717) is 12.6 Å². The number of hydrogen-bond acceptors (Lipinski definition) is 6. The van der Waals surface area contributed by atoms with Gasteiger partial charge in [0.1, 0.15) is 4.90 Å². The molecule has 0 saturated carbocycles. The second-order valence-electron chi connectivity index (χ2n) is 5.13. The summed E-state index contributed by atoms with van der Waals surface area (Å²) >= 11 is 0. The minimum atomic E-state index is -3.62. The van der Waals surface area contributed by atoms with Crippen molar-refractivity contribution in [2.24, 2.45) is 0 Å². The molecule has 0 amide bonds. The van der Waals surface area contributed by atoms with Crippen LogP contribution in [-0.4, -0.2) is 43.7 Å². The van der Waals surface area contributed by atoms with E-state index in [4.69, 9.17) is 4.74 Å². The molecule has 1 aromatic rings. The van der Waals surface area contributed by atoms with E-state index >= 15 is 0 Å². The number of anilines is 1. The highest BCUT2D eigenvalue weighted by atomic mass is 32.2. The van der Waals surface area contributed by atoms with Crippen LogP contribution in [0.1, 0.15) is 33.1 Å². The SMILES string of the molecule is CCCNc1ncc(S(=O)(=O)NC(C)C2CCCO2)cn1. The number of ether oxygens (including phenoxy) is 1. The molecule has 118 valence electrons. The number of aromatic nitrogens is 2. The Morgan fingerprint density at radius 1 is 1.43 bits per heavy atom. The van der Waals surface area contributed by atoms with Gasteiger partial charge >= 0.3 is 0 Å². The summed E-state index contributed by atoms with van der Waals surface area (Å²) in [5.74, 6) is 0.433. The van der Waals surface area contributed by atoms with Crippen molar-refractivity contribution < 1.29 is 13.2 Å². The third-order valence-electron chi connectivity index (χ3n) is 3.34. The molecule has 2 rings (SSSR count). The summed E-state index contributed by atoms with van der Waals surface area (Å²) in [4.78, 5) is 8.09. The number of rotatable bonds is 7. The van der Waals surface area contributed by atoms with Crippen LogP contribution in [0.25, 0.3) is 0 Å². The summed E-state index contributed by atoms with van der Waals surface area (Å²) in [7, 11) is -3.62. The molecule has 2 N–H and O–H groups in total. The molecule has 1 aromatic heterocycles. The molecule has 1 aliphatic heterocycles. The average molecular weight is 314 g/mol. The number of sulfonamides is 1. The average Bonchev–Trinajstić information content (AvgIpc) is 2.99. The summed E-state index contributed by atoms with van der Waals surface area (Å²) in [6, 6.07) is -0.268. The Bertz CT molecular complexity index is 541. The monoisotopic (exact) mass is 314 g/mol.